The first-order valence-electron chi connectivity index (χ1n) is 6.09. The van der Waals surface area contributed by atoms with Crippen molar-refractivity contribution in [1.29, 1.82) is 0 Å². The van der Waals surface area contributed by atoms with E-state index >= 15 is 0 Å². The SMILES string of the molecule is CN(Cc1cccnc1)C(=O)CNCC1CC1.Cl.Cl. The Balaban J connectivity index is 0.00000162. The molecule has 1 heterocycles. The number of carbonyl (C=O) groups excluding carboxylic acids is 1. The second kappa shape index (κ2) is 9.13. The van der Waals surface area contributed by atoms with Gasteiger partial charge in [-0.1, -0.05) is 6.07 Å². The van der Waals surface area contributed by atoms with E-state index in [2.05, 4.69) is 10.3 Å². The van der Waals surface area contributed by atoms with Crippen LogP contribution in [0.2, 0.25) is 0 Å². The highest BCUT2D eigenvalue weighted by atomic mass is 35.5. The highest BCUT2D eigenvalue weighted by Gasteiger charge is 2.20. The van der Waals surface area contributed by atoms with Gasteiger partial charge in [-0.25, -0.2) is 0 Å². The Morgan fingerprint density at radius 2 is 2.21 bits per heavy atom. The lowest BCUT2D eigenvalue weighted by Crippen LogP contribution is -2.35. The van der Waals surface area contributed by atoms with E-state index in [-0.39, 0.29) is 30.7 Å². The van der Waals surface area contributed by atoms with Crippen molar-refractivity contribution < 1.29 is 4.79 Å². The maximum atomic E-state index is 11.8. The van der Waals surface area contributed by atoms with E-state index in [0.717, 1.165) is 18.0 Å². The zero-order valence-corrected chi connectivity index (χ0v) is 12.7. The number of aromatic nitrogens is 1. The fraction of sp³-hybridized carbons (Fsp3) is 0.538. The highest BCUT2D eigenvalue weighted by Crippen LogP contribution is 2.27. The van der Waals surface area contributed by atoms with Crippen LogP contribution >= 0.6 is 24.8 Å². The van der Waals surface area contributed by atoms with Gasteiger partial charge in [-0.05, 0) is 36.9 Å². The molecule has 2 rings (SSSR count). The van der Waals surface area contributed by atoms with Gasteiger partial charge in [0.05, 0.1) is 6.54 Å². The number of hydrogen-bond donors (Lipinski definition) is 1. The van der Waals surface area contributed by atoms with Crippen LogP contribution in [0.3, 0.4) is 0 Å². The van der Waals surface area contributed by atoms with Crippen LogP contribution in [-0.2, 0) is 11.3 Å². The Hall–Kier alpha value is -0.840. The molecule has 0 bridgehead atoms. The first kappa shape index (κ1) is 18.2. The van der Waals surface area contributed by atoms with E-state index in [1.54, 1.807) is 17.3 Å². The van der Waals surface area contributed by atoms with Gasteiger partial charge in [-0.3, -0.25) is 9.78 Å². The van der Waals surface area contributed by atoms with Crippen molar-refractivity contribution in [3.63, 3.8) is 0 Å². The van der Waals surface area contributed by atoms with Crippen molar-refractivity contribution in [2.75, 3.05) is 20.1 Å². The molecule has 0 radical (unpaired) electrons. The quantitative estimate of drug-likeness (QED) is 0.873. The molecule has 0 atom stereocenters. The summed E-state index contributed by atoms with van der Waals surface area (Å²) in [5, 5.41) is 3.21. The van der Waals surface area contributed by atoms with Crippen molar-refractivity contribution in [2.24, 2.45) is 5.92 Å². The molecule has 1 aromatic rings. The summed E-state index contributed by atoms with van der Waals surface area (Å²) in [7, 11) is 1.83. The zero-order valence-electron chi connectivity index (χ0n) is 11.0. The van der Waals surface area contributed by atoms with Crippen molar-refractivity contribution in [1.82, 2.24) is 15.2 Å². The lowest BCUT2D eigenvalue weighted by Gasteiger charge is -2.17. The van der Waals surface area contributed by atoms with Gasteiger partial charge in [0.2, 0.25) is 5.91 Å². The smallest absolute Gasteiger partial charge is 0.236 e. The molecule has 0 aromatic carbocycles. The molecule has 0 aliphatic heterocycles. The van der Waals surface area contributed by atoms with Crippen LogP contribution < -0.4 is 5.32 Å². The fourth-order valence-corrected chi connectivity index (χ4v) is 1.69. The first-order valence-corrected chi connectivity index (χ1v) is 6.09. The van der Waals surface area contributed by atoms with Crippen LogP contribution in [0.1, 0.15) is 18.4 Å². The molecule has 1 saturated carbocycles. The van der Waals surface area contributed by atoms with Crippen molar-refractivity contribution in [3.8, 4) is 0 Å². The van der Waals surface area contributed by atoms with Gasteiger partial charge in [0.15, 0.2) is 0 Å². The number of hydrogen-bond acceptors (Lipinski definition) is 3. The molecule has 6 heteroatoms. The minimum atomic E-state index is 0. The summed E-state index contributed by atoms with van der Waals surface area (Å²) in [6.07, 6.45) is 6.16. The van der Waals surface area contributed by atoms with Crippen molar-refractivity contribution in [3.05, 3.63) is 30.1 Å². The summed E-state index contributed by atoms with van der Waals surface area (Å²) in [5.41, 5.74) is 1.06. The summed E-state index contributed by atoms with van der Waals surface area (Å²) >= 11 is 0. The molecule has 0 spiro atoms. The van der Waals surface area contributed by atoms with Gasteiger partial charge in [-0.2, -0.15) is 0 Å². The van der Waals surface area contributed by atoms with Crippen LogP contribution in [0.4, 0.5) is 0 Å². The molecule has 1 aliphatic rings. The van der Waals surface area contributed by atoms with E-state index < -0.39 is 0 Å². The molecule has 19 heavy (non-hydrogen) atoms. The fourth-order valence-electron chi connectivity index (χ4n) is 1.69. The minimum absolute atomic E-state index is 0. The third kappa shape index (κ3) is 6.76. The number of halogens is 2. The summed E-state index contributed by atoms with van der Waals surface area (Å²) in [5.74, 6) is 0.945. The molecule has 1 aromatic heterocycles. The molecule has 108 valence electrons. The monoisotopic (exact) mass is 305 g/mol. The Morgan fingerprint density at radius 3 is 2.79 bits per heavy atom. The molecule has 0 saturated heterocycles. The van der Waals surface area contributed by atoms with E-state index in [9.17, 15) is 4.79 Å². The Labute approximate surface area is 126 Å². The average molecular weight is 306 g/mol. The van der Waals surface area contributed by atoms with Crippen molar-refractivity contribution >= 4 is 30.7 Å². The molecular weight excluding hydrogens is 285 g/mol. The molecule has 1 amide bonds. The van der Waals surface area contributed by atoms with Gasteiger partial charge in [-0.15, -0.1) is 24.8 Å². The summed E-state index contributed by atoms with van der Waals surface area (Å²) in [6, 6.07) is 3.87. The van der Waals surface area contributed by atoms with Gasteiger partial charge < -0.3 is 10.2 Å². The number of likely N-dealkylation sites (N-methyl/N-ethyl adjacent to an activating group) is 1. The Bertz CT molecular complexity index is 371. The van der Waals surface area contributed by atoms with Crippen molar-refractivity contribution in [2.45, 2.75) is 19.4 Å². The Kier molecular flexibility index (Phi) is 8.72. The highest BCUT2D eigenvalue weighted by molar-refractivity contribution is 5.85. The minimum Gasteiger partial charge on any atom is -0.340 e. The summed E-state index contributed by atoms with van der Waals surface area (Å²) in [4.78, 5) is 17.6. The van der Waals surface area contributed by atoms with Gasteiger partial charge in [0, 0.05) is 26.0 Å². The van der Waals surface area contributed by atoms with E-state index in [0.29, 0.717) is 13.1 Å². The van der Waals surface area contributed by atoms with Crippen LogP contribution in [0.25, 0.3) is 0 Å². The largest absolute Gasteiger partial charge is 0.340 e. The maximum absolute atomic E-state index is 11.8. The predicted molar refractivity (Wildman–Crippen MR) is 80.8 cm³/mol. The molecular formula is C13H21Cl2N3O. The van der Waals surface area contributed by atoms with Crippen LogP contribution in [0, 0.1) is 5.92 Å². The number of rotatable bonds is 6. The summed E-state index contributed by atoms with van der Waals surface area (Å²) in [6.45, 7) is 2.04. The van der Waals surface area contributed by atoms with E-state index in [1.165, 1.54) is 12.8 Å². The zero-order chi connectivity index (χ0) is 12.1. The van der Waals surface area contributed by atoms with E-state index in [1.807, 2.05) is 19.2 Å². The maximum Gasteiger partial charge on any atom is 0.236 e. The normalized spacial score (nSPS) is 13.1. The van der Waals surface area contributed by atoms with Gasteiger partial charge >= 0.3 is 0 Å². The molecule has 0 unspecified atom stereocenters. The second-order valence-corrected chi connectivity index (χ2v) is 4.69. The third-order valence-corrected chi connectivity index (χ3v) is 2.97. The molecule has 1 aliphatic carbocycles. The van der Waals surface area contributed by atoms with Crippen LogP contribution in [0.5, 0.6) is 0 Å². The lowest BCUT2D eigenvalue weighted by atomic mass is 10.2. The second-order valence-electron chi connectivity index (χ2n) is 4.69. The number of carbonyl (C=O) groups is 1. The standard InChI is InChI=1S/C13H19N3O.2ClH/c1-16(10-12-3-2-6-14-8-12)13(17)9-15-7-11-4-5-11;;/h2-3,6,8,11,15H,4-5,7,9-10H2,1H3;2*1H. The van der Waals surface area contributed by atoms with Gasteiger partial charge in [0.1, 0.15) is 0 Å². The molecule has 1 N–H and O–H groups in total. The topological polar surface area (TPSA) is 45.2 Å². The number of nitrogens with zero attached hydrogens (tertiary/aromatic N) is 2. The van der Waals surface area contributed by atoms with Crippen LogP contribution in [-0.4, -0.2) is 35.9 Å². The first-order chi connectivity index (χ1) is 8.25. The number of amides is 1. The van der Waals surface area contributed by atoms with Crippen LogP contribution in [0.15, 0.2) is 24.5 Å². The average Bonchev–Trinajstić information content (AvgIpc) is 3.14. The van der Waals surface area contributed by atoms with E-state index in [4.69, 9.17) is 0 Å². The molecule has 1 fully saturated rings. The summed E-state index contributed by atoms with van der Waals surface area (Å²) < 4.78 is 0. The lowest BCUT2D eigenvalue weighted by molar-refractivity contribution is -0.129. The van der Waals surface area contributed by atoms with Gasteiger partial charge in [0.25, 0.3) is 0 Å². The predicted octanol–water partition coefficient (Wildman–Crippen LogP) is 1.88. The molecule has 4 nitrogen and oxygen atoms in total. The Morgan fingerprint density at radius 1 is 1.47 bits per heavy atom. The number of pyridine rings is 1. The third-order valence-electron chi connectivity index (χ3n) is 2.97. The number of nitrogens with one attached hydrogen (secondary N) is 1.